The van der Waals surface area contributed by atoms with Crippen molar-refractivity contribution in [3.05, 3.63) is 145 Å². The van der Waals surface area contributed by atoms with E-state index in [2.05, 4.69) is 54.0 Å². The van der Waals surface area contributed by atoms with Crippen molar-refractivity contribution in [1.82, 2.24) is 40.4 Å². The number of benzene rings is 5. The van der Waals surface area contributed by atoms with E-state index in [1.165, 1.54) is 76.5 Å². The van der Waals surface area contributed by atoms with Gasteiger partial charge in [0.05, 0.1) is 67.8 Å². The Morgan fingerprint density at radius 2 is 0.669 bits per heavy atom. The quantitative estimate of drug-likeness (QED) is 0.0243. The molecule has 7 atom stereocenters. The third-order valence-electron chi connectivity index (χ3n) is 18.8. The molecule has 0 spiro atoms. The lowest BCUT2D eigenvalue weighted by atomic mass is 9.94. The number of piperidine rings is 5. The maximum atomic E-state index is 13.5. The summed E-state index contributed by atoms with van der Waals surface area (Å²) in [6, 6.07) is 19.7. The Morgan fingerprint density at radius 1 is 0.381 bits per heavy atom. The summed E-state index contributed by atoms with van der Waals surface area (Å²) in [4.78, 5) is 129. The summed E-state index contributed by atoms with van der Waals surface area (Å²) in [7, 11) is 0. The van der Waals surface area contributed by atoms with Crippen molar-refractivity contribution >= 4 is 146 Å². The van der Waals surface area contributed by atoms with E-state index in [0.717, 1.165) is 31.4 Å². The number of halogens is 10. The molecule has 13 amide bonds. The highest BCUT2D eigenvalue weighted by Crippen LogP contribution is 2.29. The molecule has 41 heteroatoms. The molecule has 22 N–H and O–H groups in total. The van der Waals surface area contributed by atoms with E-state index in [1.54, 1.807) is 26.8 Å². The van der Waals surface area contributed by atoms with E-state index in [-0.39, 0.29) is 148 Å². The zero-order valence-corrected chi connectivity index (χ0v) is 69.1. The molecule has 0 unspecified atom stereocenters. The maximum Gasteiger partial charge on any atom is 0.410 e. The molecule has 5 aromatic rings. The minimum atomic E-state index is -0.611. The number of quaternary nitrogens is 2. The maximum absolute atomic E-state index is 13.5. The second kappa shape index (κ2) is 50.5. The van der Waals surface area contributed by atoms with Crippen molar-refractivity contribution in [2.24, 2.45) is 52.5 Å². The zero-order valence-electron chi connectivity index (χ0n) is 65.3. The lowest BCUT2D eigenvalue weighted by molar-refractivity contribution is -0.427. The number of nitrogens with zero attached hydrogens (tertiary/aromatic N) is 5. The topological polar surface area (TPSA) is 461 Å². The molecule has 10 rings (SSSR count). The minimum Gasteiger partial charge on any atom is -0.448 e. The van der Waals surface area contributed by atoms with Gasteiger partial charge >= 0.3 is 30.3 Å². The van der Waals surface area contributed by atoms with Crippen LogP contribution in [0.25, 0.3) is 0 Å². The van der Waals surface area contributed by atoms with E-state index >= 15 is 0 Å². The van der Waals surface area contributed by atoms with Gasteiger partial charge in [0.25, 0.3) is 0 Å². The van der Waals surface area contributed by atoms with Crippen LogP contribution in [0.3, 0.4) is 0 Å². The Labute approximate surface area is 705 Å². The molecule has 5 saturated heterocycles. The number of likely N-dealkylation sites (tertiary alicyclic amines) is 5. The molecule has 5 fully saturated rings. The monoisotopic (exact) mass is 1760 g/mol. The van der Waals surface area contributed by atoms with Gasteiger partial charge in [0.1, 0.15) is 54.4 Å². The Kier molecular flexibility index (Phi) is 41.8. The van der Waals surface area contributed by atoms with Crippen molar-refractivity contribution in [3.63, 3.8) is 0 Å². The molecule has 5 aliphatic heterocycles. The van der Waals surface area contributed by atoms with Gasteiger partial charge in [0, 0.05) is 133 Å². The fourth-order valence-corrected chi connectivity index (χ4v) is 13.4. The van der Waals surface area contributed by atoms with Crippen molar-refractivity contribution in [2.45, 2.75) is 83.2 Å². The number of nitrogens with one attached hydrogen (secondary N) is 8. The summed E-state index contributed by atoms with van der Waals surface area (Å²) < 4.78 is 77.1. The first-order valence-corrected chi connectivity index (χ1v) is 40.4. The smallest absolute Gasteiger partial charge is 0.410 e. The molecule has 5 heterocycles. The predicted octanol–water partition coefficient (Wildman–Crippen LogP) is 8.13. The van der Waals surface area contributed by atoms with Gasteiger partial charge in [0.15, 0.2) is 0 Å². The van der Waals surface area contributed by atoms with Crippen LogP contribution in [0.4, 0.5) is 74.4 Å². The number of nitrogens with two attached hydrogens (primary N) is 4. The SMILES string of the molecule is CCCNC(=O)N1C[C@H]([NH3+])C[C@H](C(=O)Nc2ccc(Cl)c(F)c2)C1.NCCCNC(=O)N1CCC[C@H](C(=O)Nc2ccc(Cl)c(F)c2)C1.NCCNC(=O)N1CCC[C@H](C(=O)Nc2ccc(Cl)c(F)c2)C1.NCCOC(=O)N1CCC[C@H](C(=O)Nc2ccc(Cl)c(F)c2)C1.NCCOC(=O)N1C[C@H]([NH3+])C[C@H](C(=O)Nc2ccc(Cl)c(F)c2)C1. The molecule has 118 heavy (non-hydrogen) atoms. The average molecular weight is 1760 g/mol. The number of carbonyl (C=O) groups is 10. The van der Waals surface area contributed by atoms with Crippen LogP contribution in [-0.4, -0.2) is 221 Å². The second-order valence-corrected chi connectivity index (χ2v) is 30.3. The zero-order chi connectivity index (χ0) is 86.5. The lowest BCUT2D eigenvalue weighted by Gasteiger charge is -2.33. The molecule has 5 aliphatic rings. The van der Waals surface area contributed by atoms with Gasteiger partial charge in [0.2, 0.25) is 29.5 Å². The molecule has 0 radical (unpaired) electrons. The number of hydrogen-bond donors (Lipinski definition) is 14. The summed E-state index contributed by atoms with van der Waals surface area (Å²) in [5.74, 6) is -6.10. The first-order chi connectivity index (χ1) is 56.3. The number of anilines is 5. The van der Waals surface area contributed by atoms with Crippen LogP contribution >= 0.6 is 58.0 Å². The number of urea groups is 3. The van der Waals surface area contributed by atoms with E-state index in [4.69, 9.17) is 90.4 Å². The molecule has 0 bridgehead atoms. The Morgan fingerprint density at radius 3 is 1.00 bits per heavy atom. The third kappa shape index (κ3) is 32.8. The van der Waals surface area contributed by atoms with Gasteiger partial charge in [-0.15, -0.1) is 0 Å². The van der Waals surface area contributed by atoms with E-state index in [1.807, 2.05) is 6.92 Å². The van der Waals surface area contributed by atoms with Crippen LogP contribution < -0.4 is 76.9 Å². The molecule has 0 saturated carbocycles. The van der Waals surface area contributed by atoms with Crippen molar-refractivity contribution in [1.29, 1.82) is 0 Å². The molecule has 0 aliphatic carbocycles. The number of ether oxygens (including phenoxy) is 2. The second-order valence-electron chi connectivity index (χ2n) is 28.3. The number of rotatable bonds is 21. The Bertz CT molecular complexity index is 3990. The van der Waals surface area contributed by atoms with E-state index in [9.17, 15) is 69.9 Å². The number of hydrogen-bond acceptors (Lipinski definition) is 16. The van der Waals surface area contributed by atoms with Crippen LogP contribution in [-0.2, 0) is 33.4 Å². The van der Waals surface area contributed by atoms with Crippen LogP contribution in [0, 0.1) is 58.7 Å². The molecule has 0 aromatic heterocycles. The Hall–Kier alpha value is -9.34. The summed E-state index contributed by atoms with van der Waals surface area (Å²) in [5.41, 5.74) is 31.0. The van der Waals surface area contributed by atoms with E-state index in [0.29, 0.717) is 158 Å². The molecule has 31 nitrogen and oxygen atoms in total. The first-order valence-electron chi connectivity index (χ1n) is 38.5. The normalized spacial score (nSPS) is 18.8. The van der Waals surface area contributed by atoms with Crippen LogP contribution in [0.5, 0.6) is 0 Å². The number of carbonyl (C=O) groups excluding carboxylic acids is 10. The van der Waals surface area contributed by atoms with Crippen LogP contribution in [0.2, 0.25) is 25.1 Å². The molecular weight excluding hydrogens is 1660 g/mol. The van der Waals surface area contributed by atoms with Crippen molar-refractivity contribution in [2.75, 3.05) is 151 Å². The van der Waals surface area contributed by atoms with Gasteiger partial charge in [-0.05, 0) is 149 Å². The van der Waals surface area contributed by atoms with Crippen molar-refractivity contribution < 1.29 is 90.8 Å². The Balaban J connectivity index is 0.000000229. The third-order valence-corrected chi connectivity index (χ3v) is 20.3. The van der Waals surface area contributed by atoms with Gasteiger partial charge in [-0.3, -0.25) is 24.0 Å². The summed E-state index contributed by atoms with van der Waals surface area (Å²) >= 11 is 28.1. The van der Waals surface area contributed by atoms with Gasteiger partial charge in [-0.2, -0.15) is 0 Å². The van der Waals surface area contributed by atoms with Crippen LogP contribution in [0.1, 0.15) is 71.1 Å². The molecule has 648 valence electrons. The van der Waals surface area contributed by atoms with Gasteiger partial charge in [-0.25, -0.2) is 45.9 Å². The highest BCUT2D eigenvalue weighted by Gasteiger charge is 2.38. The van der Waals surface area contributed by atoms with Crippen molar-refractivity contribution in [3.8, 4) is 0 Å². The largest absolute Gasteiger partial charge is 0.448 e. The van der Waals surface area contributed by atoms with Crippen LogP contribution in [0.15, 0.2) is 91.0 Å². The standard InChI is InChI=1S/2C16H22ClFN4O2.C15H20ClFN4O3.C15H20ClFN4O2.C15H19ClFN3O3/c17-13-5-4-12(9-14(13)18)21-15(23)11-3-1-8-22(10-11)16(24)20-7-2-6-19;1-2-5-20-16(24)22-8-10(6-11(19)9-22)15(23)21-12-3-4-13(17)14(18)7-12;16-12-2-1-11(6-13(12)17)20-14(22)9-5-10(19)8-21(7-9)15(23)24-4-3-18;16-12-4-3-11(8-13(12)17)20-14(22)10-2-1-7-21(9-10)15(23)19-6-5-18;16-12-4-3-11(8-13(12)17)19-14(21)10-2-1-6-20(9-10)15(22)23-7-5-18/h4-5,9,11H,1-3,6-8,10,19H2,(H,20,24)(H,21,23);3-4,7,10-11H,2,5-6,8-9,19H2,1H3,(H,20,24)(H,21,23);1-2,6,9-10H,3-5,7-8,18-19H2,(H,20,22);3-4,8,10H,1-2,5-7,9,18H2,(H,19,23)(H,20,22);3-4,8,10H,1-2,5-7,9,18H2,(H,19,21)/p+2/t11-;10-,11+;9-,10+;2*10-/m00000/s1. The number of amides is 13. The average Bonchev–Trinajstić information content (AvgIpc) is 0.845. The predicted molar refractivity (Wildman–Crippen MR) is 440 cm³/mol. The van der Waals surface area contributed by atoms with Gasteiger partial charge < -0.3 is 111 Å². The molecule has 5 aromatic carbocycles. The fraction of sp³-hybridized carbons (Fsp3) is 0.481. The summed E-state index contributed by atoms with van der Waals surface area (Å²) in [5, 5.41) is 21.6. The fourth-order valence-electron chi connectivity index (χ4n) is 12.8. The lowest BCUT2D eigenvalue weighted by Crippen LogP contribution is -2.70. The van der Waals surface area contributed by atoms with E-state index < -0.39 is 47.2 Å². The highest BCUT2D eigenvalue weighted by molar-refractivity contribution is 6.32. The highest BCUT2D eigenvalue weighted by atomic mass is 35.5. The molecular formula is C77H105Cl5F5N19O12+2. The minimum absolute atomic E-state index is 0.00209. The first kappa shape index (κ1) is 97.5. The summed E-state index contributed by atoms with van der Waals surface area (Å²) in [6.07, 6.45) is 5.91. The summed E-state index contributed by atoms with van der Waals surface area (Å²) in [6.45, 7) is 9.34. The van der Waals surface area contributed by atoms with Gasteiger partial charge in [-0.1, -0.05) is 64.9 Å².